The number of rotatable bonds is 10. The molecular weight excluding hydrogens is 600 g/mol. The van der Waals surface area contributed by atoms with E-state index in [-0.39, 0.29) is 12.2 Å². The number of pyridine rings is 2. The van der Waals surface area contributed by atoms with E-state index in [1.807, 2.05) is 48.8 Å². The van der Waals surface area contributed by atoms with Crippen LogP contribution in [-0.4, -0.2) is 45.6 Å². The molecule has 0 fully saturated rings. The summed E-state index contributed by atoms with van der Waals surface area (Å²) in [6, 6.07) is 25.3. The topological polar surface area (TPSA) is 116 Å². The van der Waals surface area contributed by atoms with E-state index < -0.39 is 15.7 Å². The molecule has 0 aliphatic rings. The van der Waals surface area contributed by atoms with Crippen LogP contribution in [0, 0.1) is 5.82 Å². The number of sulfone groups is 1. The van der Waals surface area contributed by atoms with Gasteiger partial charge in [-0.25, -0.2) is 12.8 Å². The third-order valence-electron chi connectivity index (χ3n) is 8.02. The molecule has 8 nitrogen and oxygen atoms in total. The Morgan fingerprint density at radius 2 is 1.54 bits per heavy atom. The highest BCUT2D eigenvalue weighted by Crippen LogP contribution is 2.35. The molecule has 0 atom stereocenters. The van der Waals surface area contributed by atoms with E-state index in [2.05, 4.69) is 60.8 Å². The summed E-state index contributed by atoms with van der Waals surface area (Å²) in [6.45, 7) is 1.48. The van der Waals surface area contributed by atoms with Gasteiger partial charge in [0, 0.05) is 59.8 Å². The lowest BCUT2D eigenvalue weighted by molar-refractivity contribution is 0.600. The lowest BCUT2D eigenvalue weighted by Gasteiger charge is -2.08. The molecule has 0 aliphatic carbocycles. The maximum Gasteiger partial charge on any atom is 0.147 e. The van der Waals surface area contributed by atoms with Crippen molar-refractivity contribution >= 4 is 31.6 Å². The Balaban J connectivity index is 1.19. The van der Waals surface area contributed by atoms with Crippen molar-refractivity contribution in [3.63, 3.8) is 0 Å². The van der Waals surface area contributed by atoms with Crippen molar-refractivity contribution in [2.24, 2.45) is 0 Å². The van der Waals surface area contributed by atoms with Gasteiger partial charge < -0.3 is 10.3 Å². The molecule has 0 aliphatic heterocycles. The Kier molecular flexibility index (Phi) is 7.90. The minimum atomic E-state index is -3.18. The number of fused-ring (bicyclic) bond motifs is 2. The van der Waals surface area contributed by atoms with Gasteiger partial charge in [-0.2, -0.15) is 5.10 Å². The Morgan fingerprint density at radius 1 is 0.739 bits per heavy atom. The zero-order valence-electron chi connectivity index (χ0n) is 25.1. The Labute approximate surface area is 265 Å². The second kappa shape index (κ2) is 12.3. The average Bonchev–Trinajstić information content (AvgIpc) is 3.68. The van der Waals surface area contributed by atoms with E-state index in [1.165, 1.54) is 24.0 Å². The van der Waals surface area contributed by atoms with Gasteiger partial charge in [0.15, 0.2) is 0 Å². The summed E-state index contributed by atoms with van der Waals surface area (Å²) in [7, 11) is -3.18. The summed E-state index contributed by atoms with van der Waals surface area (Å²) in [5.41, 5.74) is 9.55. The van der Waals surface area contributed by atoms with Crippen LogP contribution < -0.4 is 5.32 Å². The summed E-state index contributed by atoms with van der Waals surface area (Å²) in [5.74, 6) is -0.475. The minimum absolute atomic E-state index is 0.0492. The van der Waals surface area contributed by atoms with Gasteiger partial charge in [0.05, 0.1) is 28.7 Å². The fraction of sp³-hybridized carbons (Fsp3) is 0.139. The molecule has 46 heavy (non-hydrogen) atoms. The van der Waals surface area contributed by atoms with Gasteiger partial charge in [-0.15, -0.1) is 0 Å². The summed E-state index contributed by atoms with van der Waals surface area (Å²) >= 11 is 0. The molecule has 0 saturated carbocycles. The SMILES string of the molecule is CS(=O)(=O)CCc1cc(F)cc(-c2cncc3[nH]c(-c4n[nH]c5ccc(-c6cncc(CNCc7ccccc7)c6)cc45)cc23)c1. The molecule has 0 spiro atoms. The molecule has 0 unspecified atom stereocenters. The van der Waals surface area contributed by atoms with Crippen LogP contribution in [0.3, 0.4) is 0 Å². The highest BCUT2D eigenvalue weighted by Gasteiger charge is 2.16. The lowest BCUT2D eigenvalue weighted by Crippen LogP contribution is -2.12. The van der Waals surface area contributed by atoms with Crippen LogP contribution in [0.25, 0.3) is 55.4 Å². The molecular formula is C36H31FN6O2S. The minimum Gasteiger partial charge on any atom is -0.352 e. The Morgan fingerprint density at radius 3 is 2.39 bits per heavy atom. The first-order chi connectivity index (χ1) is 22.3. The number of nitrogens with one attached hydrogen (secondary N) is 3. The number of hydrogen-bond acceptors (Lipinski definition) is 6. The number of nitrogens with zero attached hydrogens (tertiary/aromatic N) is 3. The molecule has 0 amide bonds. The molecule has 230 valence electrons. The van der Waals surface area contributed by atoms with E-state index >= 15 is 0 Å². The van der Waals surface area contributed by atoms with E-state index in [1.54, 1.807) is 12.4 Å². The zero-order chi connectivity index (χ0) is 31.7. The van der Waals surface area contributed by atoms with Gasteiger partial charge in [-0.05, 0) is 70.6 Å². The molecule has 0 bridgehead atoms. The van der Waals surface area contributed by atoms with Crippen molar-refractivity contribution in [2.45, 2.75) is 19.5 Å². The van der Waals surface area contributed by atoms with E-state index in [4.69, 9.17) is 0 Å². The first-order valence-electron chi connectivity index (χ1n) is 14.9. The van der Waals surface area contributed by atoms with Crippen LogP contribution in [0.4, 0.5) is 4.39 Å². The summed E-state index contributed by atoms with van der Waals surface area (Å²) in [4.78, 5) is 12.3. The molecule has 7 rings (SSSR count). The van der Waals surface area contributed by atoms with E-state index in [0.717, 1.165) is 62.0 Å². The number of halogens is 1. The summed E-state index contributed by atoms with van der Waals surface area (Å²) in [6.07, 6.45) is 8.59. The standard InChI is InChI=1S/C36H31FN6O2S/c1-46(44,45)10-9-24-11-27(14-29(37)13-24)32-21-40-22-35-30(32)16-34(41-35)36-31-15-26(7-8-33(31)42-43-36)28-12-25(19-39-20-28)18-38-17-23-5-3-2-4-6-23/h2-8,11-16,19-22,38,41H,9-10,17-18H2,1H3,(H,42,43). The van der Waals surface area contributed by atoms with Crippen molar-refractivity contribution in [3.05, 3.63) is 126 Å². The van der Waals surface area contributed by atoms with Crippen LogP contribution in [-0.2, 0) is 29.3 Å². The number of benzene rings is 3. The Bertz CT molecular complexity index is 2300. The quantitative estimate of drug-likeness (QED) is 0.152. The number of hydrogen-bond donors (Lipinski definition) is 3. The highest BCUT2D eigenvalue weighted by atomic mass is 32.2. The van der Waals surface area contributed by atoms with Gasteiger partial charge in [0.1, 0.15) is 21.3 Å². The third-order valence-corrected chi connectivity index (χ3v) is 8.97. The van der Waals surface area contributed by atoms with Crippen LogP contribution >= 0.6 is 0 Å². The van der Waals surface area contributed by atoms with Gasteiger partial charge in [-0.3, -0.25) is 15.1 Å². The number of aromatic nitrogens is 5. The third kappa shape index (κ3) is 6.44. The van der Waals surface area contributed by atoms with Crippen molar-refractivity contribution in [2.75, 3.05) is 12.0 Å². The molecule has 4 heterocycles. The van der Waals surface area contributed by atoms with Crippen LogP contribution in [0.2, 0.25) is 0 Å². The van der Waals surface area contributed by atoms with E-state index in [0.29, 0.717) is 17.7 Å². The van der Waals surface area contributed by atoms with Gasteiger partial charge in [0.25, 0.3) is 0 Å². The van der Waals surface area contributed by atoms with Gasteiger partial charge in [0.2, 0.25) is 0 Å². The second-order valence-electron chi connectivity index (χ2n) is 11.6. The molecule has 7 aromatic rings. The molecule has 3 aromatic carbocycles. The van der Waals surface area contributed by atoms with Crippen molar-refractivity contribution in [3.8, 4) is 33.6 Å². The first-order valence-corrected chi connectivity index (χ1v) is 17.0. The smallest absolute Gasteiger partial charge is 0.147 e. The van der Waals surface area contributed by atoms with Crippen LogP contribution in [0.15, 0.2) is 104 Å². The number of H-pyrrole nitrogens is 2. The fourth-order valence-corrected chi connectivity index (χ4v) is 6.36. The largest absolute Gasteiger partial charge is 0.352 e. The summed E-state index contributed by atoms with van der Waals surface area (Å²) < 4.78 is 38.1. The number of aromatic amines is 2. The predicted molar refractivity (Wildman–Crippen MR) is 180 cm³/mol. The fourth-order valence-electron chi connectivity index (χ4n) is 5.75. The molecule has 4 aromatic heterocycles. The normalized spacial score (nSPS) is 11.9. The first kappa shape index (κ1) is 29.5. The predicted octanol–water partition coefficient (Wildman–Crippen LogP) is 6.85. The number of aryl methyl sites for hydroxylation is 1. The zero-order valence-corrected chi connectivity index (χ0v) is 25.9. The second-order valence-corrected chi connectivity index (χ2v) is 13.8. The van der Waals surface area contributed by atoms with Crippen molar-refractivity contribution < 1.29 is 12.8 Å². The van der Waals surface area contributed by atoms with Crippen molar-refractivity contribution in [1.29, 1.82) is 0 Å². The molecule has 0 radical (unpaired) electrons. The highest BCUT2D eigenvalue weighted by molar-refractivity contribution is 7.90. The molecule has 10 heteroatoms. The van der Waals surface area contributed by atoms with Crippen LogP contribution in [0.5, 0.6) is 0 Å². The molecule has 3 N–H and O–H groups in total. The van der Waals surface area contributed by atoms with Gasteiger partial charge in [-0.1, -0.05) is 42.5 Å². The Hall–Kier alpha value is -5.19. The maximum absolute atomic E-state index is 14.7. The van der Waals surface area contributed by atoms with Crippen molar-refractivity contribution in [1.82, 2.24) is 30.5 Å². The summed E-state index contributed by atoms with van der Waals surface area (Å²) in [5, 5.41) is 13.1. The average molecular weight is 631 g/mol. The molecule has 0 saturated heterocycles. The van der Waals surface area contributed by atoms with Gasteiger partial charge >= 0.3 is 0 Å². The van der Waals surface area contributed by atoms with E-state index in [9.17, 15) is 12.8 Å². The maximum atomic E-state index is 14.7. The lowest BCUT2D eigenvalue weighted by atomic mass is 10.00. The monoisotopic (exact) mass is 630 g/mol. The van der Waals surface area contributed by atoms with Crippen LogP contribution in [0.1, 0.15) is 16.7 Å².